The number of hydrogen-bond acceptors (Lipinski definition) is 2. The second kappa shape index (κ2) is 6.68. The minimum Gasteiger partial charge on any atom is -0.340 e. The van der Waals surface area contributed by atoms with Gasteiger partial charge in [-0.3, -0.25) is 4.79 Å². The van der Waals surface area contributed by atoms with Gasteiger partial charge in [0.2, 0.25) is 5.91 Å². The summed E-state index contributed by atoms with van der Waals surface area (Å²) in [7, 11) is 0. The number of aryl methyl sites for hydroxylation is 1. The maximum absolute atomic E-state index is 13.7. The molecular formula is C15H20BrFN2O. The Kier molecular flexibility index (Phi) is 5.16. The fourth-order valence-corrected chi connectivity index (χ4v) is 3.02. The predicted molar refractivity (Wildman–Crippen MR) is 80.8 cm³/mol. The van der Waals surface area contributed by atoms with E-state index in [1.54, 1.807) is 12.1 Å². The van der Waals surface area contributed by atoms with Gasteiger partial charge in [-0.1, -0.05) is 22.0 Å². The largest absolute Gasteiger partial charge is 0.340 e. The predicted octanol–water partition coefficient (Wildman–Crippen LogP) is 2.86. The Morgan fingerprint density at radius 1 is 1.55 bits per heavy atom. The molecule has 0 bridgehead atoms. The van der Waals surface area contributed by atoms with Crippen LogP contribution >= 0.6 is 15.9 Å². The van der Waals surface area contributed by atoms with E-state index in [0.29, 0.717) is 29.4 Å². The van der Waals surface area contributed by atoms with Crippen molar-refractivity contribution in [2.75, 3.05) is 6.54 Å². The number of rotatable bonds is 3. The second-order valence-corrected chi connectivity index (χ2v) is 6.37. The van der Waals surface area contributed by atoms with Gasteiger partial charge in [0, 0.05) is 29.5 Å². The van der Waals surface area contributed by atoms with Gasteiger partial charge in [0.15, 0.2) is 0 Å². The summed E-state index contributed by atoms with van der Waals surface area (Å²) in [5, 5.41) is 0. The number of benzene rings is 1. The Morgan fingerprint density at radius 2 is 2.30 bits per heavy atom. The van der Waals surface area contributed by atoms with Gasteiger partial charge in [-0.2, -0.15) is 0 Å². The number of carbonyl (C=O) groups is 1. The standard InChI is InChI=1S/C15H20BrFN2O/c1-10-8-13(18)6-7-19(10)15(20)5-3-11-2-4-12(16)9-14(11)17/h2,4,9-10,13H,3,5-8,18H2,1H3/t10-,13+/m0/s1. The third-order valence-electron chi connectivity index (χ3n) is 3.86. The first-order chi connectivity index (χ1) is 9.47. The van der Waals surface area contributed by atoms with Crippen LogP contribution in [-0.4, -0.2) is 29.4 Å². The van der Waals surface area contributed by atoms with Crippen LogP contribution in [0.15, 0.2) is 22.7 Å². The molecule has 0 saturated carbocycles. The van der Waals surface area contributed by atoms with E-state index in [4.69, 9.17) is 5.73 Å². The Labute approximate surface area is 127 Å². The lowest BCUT2D eigenvalue weighted by atomic mass is 9.98. The molecule has 1 aliphatic rings. The number of halogens is 2. The molecule has 3 nitrogen and oxygen atoms in total. The van der Waals surface area contributed by atoms with E-state index in [9.17, 15) is 9.18 Å². The summed E-state index contributed by atoms with van der Waals surface area (Å²) in [6, 6.07) is 5.33. The molecule has 0 unspecified atom stereocenters. The van der Waals surface area contributed by atoms with E-state index in [1.165, 1.54) is 6.07 Å². The van der Waals surface area contributed by atoms with Gasteiger partial charge >= 0.3 is 0 Å². The number of nitrogens with zero attached hydrogens (tertiary/aromatic N) is 1. The molecule has 1 amide bonds. The molecule has 1 aromatic rings. The number of piperidine rings is 1. The molecule has 2 rings (SSSR count). The molecule has 0 aromatic heterocycles. The summed E-state index contributed by atoms with van der Waals surface area (Å²) in [6.07, 6.45) is 2.48. The first kappa shape index (κ1) is 15.4. The number of amides is 1. The van der Waals surface area contributed by atoms with Crippen molar-refractivity contribution < 1.29 is 9.18 Å². The fourth-order valence-electron chi connectivity index (χ4n) is 2.69. The highest BCUT2D eigenvalue weighted by atomic mass is 79.9. The van der Waals surface area contributed by atoms with Crippen LogP contribution in [0.1, 0.15) is 31.7 Å². The van der Waals surface area contributed by atoms with Crippen LogP contribution in [0.3, 0.4) is 0 Å². The number of hydrogen-bond donors (Lipinski definition) is 1. The molecule has 1 aromatic carbocycles. The average molecular weight is 343 g/mol. The molecule has 2 N–H and O–H groups in total. The van der Waals surface area contributed by atoms with Crippen LogP contribution in [0.2, 0.25) is 0 Å². The van der Waals surface area contributed by atoms with Crippen molar-refractivity contribution in [3.8, 4) is 0 Å². The SMILES string of the molecule is C[C@H]1C[C@H](N)CCN1C(=O)CCc1ccc(Br)cc1F. The van der Waals surface area contributed by atoms with E-state index >= 15 is 0 Å². The molecule has 5 heteroatoms. The van der Waals surface area contributed by atoms with Crippen molar-refractivity contribution in [1.29, 1.82) is 0 Å². The number of nitrogens with two attached hydrogens (primary N) is 1. The summed E-state index contributed by atoms with van der Waals surface area (Å²) >= 11 is 3.23. The molecule has 1 saturated heterocycles. The molecule has 2 atom stereocenters. The van der Waals surface area contributed by atoms with E-state index in [1.807, 2.05) is 11.8 Å². The third-order valence-corrected chi connectivity index (χ3v) is 4.35. The van der Waals surface area contributed by atoms with E-state index in [2.05, 4.69) is 15.9 Å². The van der Waals surface area contributed by atoms with Gasteiger partial charge in [-0.25, -0.2) is 4.39 Å². The van der Waals surface area contributed by atoms with Crippen LogP contribution in [0, 0.1) is 5.82 Å². The Hall–Kier alpha value is -0.940. The lowest BCUT2D eigenvalue weighted by Crippen LogP contribution is -2.48. The van der Waals surface area contributed by atoms with Crippen molar-refractivity contribution in [2.24, 2.45) is 5.73 Å². The third kappa shape index (κ3) is 3.79. The van der Waals surface area contributed by atoms with Crippen LogP contribution < -0.4 is 5.73 Å². The summed E-state index contributed by atoms with van der Waals surface area (Å²) in [6.45, 7) is 2.74. The molecule has 0 aliphatic carbocycles. The molecule has 0 radical (unpaired) electrons. The highest BCUT2D eigenvalue weighted by Gasteiger charge is 2.26. The number of carbonyl (C=O) groups excluding carboxylic acids is 1. The summed E-state index contributed by atoms with van der Waals surface area (Å²) in [4.78, 5) is 14.1. The maximum atomic E-state index is 13.7. The van der Waals surface area contributed by atoms with Crippen molar-refractivity contribution in [3.63, 3.8) is 0 Å². The summed E-state index contributed by atoms with van der Waals surface area (Å²) < 4.78 is 14.4. The van der Waals surface area contributed by atoms with Crippen LogP contribution in [0.5, 0.6) is 0 Å². The molecule has 1 fully saturated rings. The summed E-state index contributed by atoms with van der Waals surface area (Å²) in [5.41, 5.74) is 6.48. The van der Waals surface area contributed by atoms with Gasteiger partial charge in [0.25, 0.3) is 0 Å². The van der Waals surface area contributed by atoms with Crippen molar-refractivity contribution in [3.05, 3.63) is 34.1 Å². The molecule has 110 valence electrons. The monoisotopic (exact) mass is 342 g/mol. The summed E-state index contributed by atoms with van der Waals surface area (Å²) in [5.74, 6) is -0.174. The van der Waals surface area contributed by atoms with E-state index in [-0.39, 0.29) is 23.8 Å². The molecule has 20 heavy (non-hydrogen) atoms. The molecule has 1 heterocycles. The highest BCUT2D eigenvalue weighted by Crippen LogP contribution is 2.19. The fraction of sp³-hybridized carbons (Fsp3) is 0.533. The quantitative estimate of drug-likeness (QED) is 0.917. The van der Waals surface area contributed by atoms with E-state index in [0.717, 1.165) is 12.8 Å². The molecule has 0 spiro atoms. The minimum atomic E-state index is -0.263. The maximum Gasteiger partial charge on any atom is 0.223 e. The van der Waals surface area contributed by atoms with Gasteiger partial charge in [-0.15, -0.1) is 0 Å². The van der Waals surface area contributed by atoms with Gasteiger partial charge < -0.3 is 10.6 Å². The Morgan fingerprint density at radius 3 is 2.95 bits per heavy atom. The Balaban J connectivity index is 1.92. The second-order valence-electron chi connectivity index (χ2n) is 5.46. The first-order valence-electron chi connectivity index (χ1n) is 6.96. The lowest BCUT2D eigenvalue weighted by molar-refractivity contribution is -0.134. The zero-order chi connectivity index (χ0) is 14.7. The lowest BCUT2D eigenvalue weighted by Gasteiger charge is -2.36. The smallest absolute Gasteiger partial charge is 0.223 e. The van der Waals surface area contributed by atoms with Gasteiger partial charge in [0.05, 0.1) is 0 Å². The van der Waals surface area contributed by atoms with Crippen LogP contribution in [-0.2, 0) is 11.2 Å². The van der Waals surface area contributed by atoms with Crippen LogP contribution in [0.4, 0.5) is 4.39 Å². The molecule has 1 aliphatic heterocycles. The zero-order valence-corrected chi connectivity index (χ0v) is 13.2. The topological polar surface area (TPSA) is 46.3 Å². The van der Waals surface area contributed by atoms with Crippen molar-refractivity contribution in [1.82, 2.24) is 4.90 Å². The minimum absolute atomic E-state index is 0.0896. The Bertz CT molecular complexity index is 495. The van der Waals surface area contributed by atoms with Crippen molar-refractivity contribution in [2.45, 2.75) is 44.7 Å². The van der Waals surface area contributed by atoms with Gasteiger partial charge in [0.1, 0.15) is 5.82 Å². The van der Waals surface area contributed by atoms with E-state index < -0.39 is 0 Å². The zero-order valence-electron chi connectivity index (χ0n) is 11.6. The molecular weight excluding hydrogens is 323 g/mol. The average Bonchev–Trinajstić information content (AvgIpc) is 2.37. The normalized spacial score (nSPS) is 22.9. The first-order valence-corrected chi connectivity index (χ1v) is 7.75. The number of likely N-dealkylation sites (tertiary alicyclic amines) is 1. The van der Waals surface area contributed by atoms with Crippen molar-refractivity contribution >= 4 is 21.8 Å². The highest BCUT2D eigenvalue weighted by molar-refractivity contribution is 9.10. The van der Waals surface area contributed by atoms with Crippen LogP contribution in [0.25, 0.3) is 0 Å². The van der Waals surface area contributed by atoms with Gasteiger partial charge in [-0.05, 0) is 43.9 Å².